The molecular formula is C11H12N6O. The number of anilines is 2. The Balaban J connectivity index is 1.84. The first kappa shape index (κ1) is 10.8. The summed E-state index contributed by atoms with van der Waals surface area (Å²) in [7, 11) is 0. The Morgan fingerprint density at radius 3 is 2.94 bits per heavy atom. The highest BCUT2D eigenvalue weighted by Gasteiger charge is 2.18. The zero-order valence-electron chi connectivity index (χ0n) is 9.69. The van der Waals surface area contributed by atoms with Crippen LogP contribution in [0.5, 0.6) is 0 Å². The first-order valence-corrected chi connectivity index (χ1v) is 5.50. The summed E-state index contributed by atoms with van der Waals surface area (Å²) in [5.74, 6) is 0.996. The summed E-state index contributed by atoms with van der Waals surface area (Å²) < 4.78 is 0. The number of benzene rings is 1. The lowest BCUT2D eigenvalue weighted by Crippen LogP contribution is -2.98. The summed E-state index contributed by atoms with van der Waals surface area (Å²) in [5, 5.41) is 28.3. The predicted molar refractivity (Wildman–Crippen MR) is 68.4 cm³/mol. The maximum atomic E-state index is 11.8. The van der Waals surface area contributed by atoms with Gasteiger partial charge in [0, 0.05) is 17.8 Å². The number of hydrogen-bond acceptors (Lipinski definition) is 5. The number of fused-ring (bicyclic) bond motifs is 1. The first-order valence-electron chi connectivity index (χ1n) is 5.50. The van der Waals surface area contributed by atoms with Crippen LogP contribution in [-0.4, -0.2) is 16.2 Å². The van der Waals surface area contributed by atoms with Crippen LogP contribution in [-0.2, 0) is 0 Å². The van der Waals surface area contributed by atoms with Crippen LogP contribution in [0.1, 0.15) is 5.69 Å². The molecule has 92 valence electrons. The van der Waals surface area contributed by atoms with E-state index in [0.29, 0.717) is 17.5 Å². The topological polar surface area (TPSA) is 92.6 Å². The molecule has 0 spiro atoms. The van der Waals surface area contributed by atoms with E-state index < -0.39 is 0 Å². The number of H-pyrrole nitrogens is 1. The second kappa shape index (κ2) is 4.13. The van der Waals surface area contributed by atoms with Gasteiger partial charge in [-0.3, -0.25) is 5.10 Å². The molecule has 1 aromatic carbocycles. The highest BCUT2D eigenvalue weighted by molar-refractivity contribution is 6.04. The highest BCUT2D eigenvalue weighted by atomic mass is 16.5. The lowest BCUT2D eigenvalue weighted by Gasteiger charge is -2.24. The Kier molecular flexibility index (Phi) is 2.47. The third kappa shape index (κ3) is 1.92. The monoisotopic (exact) mass is 244 g/mol. The third-order valence-corrected chi connectivity index (χ3v) is 2.58. The van der Waals surface area contributed by atoms with Crippen molar-refractivity contribution in [2.75, 3.05) is 10.6 Å². The van der Waals surface area contributed by atoms with Gasteiger partial charge in [0.05, 0.1) is 0 Å². The van der Waals surface area contributed by atoms with Crippen LogP contribution < -0.4 is 15.8 Å². The fourth-order valence-corrected chi connectivity index (χ4v) is 1.76. The largest absolute Gasteiger partial charge is 0.601 e. The second-order valence-corrected chi connectivity index (χ2v) is 4.00. The zero-order chi connectivity index (χ0) is 12.5. The molecule has 1 aromatic heterocycles. The lowest BCUT2D eigenvalue weighted by atomic mass is 10.2. The Labute approximate surface area is 103 Å². The maximum Gasteiger partial charge on any atom is 0.261 e. The van der Waals surface area contributed by atoms with Crippen LogP contribution in [0.3, 0.4) is 0 Å². The number of rotatable bonds is 1. The quantitative estimate of drug-likeness (QED) is 0.551. The van der Waals surface area contributed by atoms with Crippen LogP contribution in [0.4, 0.5) is 17.2 Å². The maximum absolute atomic E-state index is 11.8. The van der Waals surface area contributed by atoms with Gasteiger partial charge in [-0.2, -0.15) is 5.10 Å². The average Bonchev–Trinajstić information content (AvgIpc) is 2.75. The summed E-state index contributed by atoms with van der Waals surface area (Å²) in [6.45, 7) is 1.90. The summed E-state index contributed by atoms with van der Waals surface area (Å²) >= 11 is 0. The van der Waals surface area contributed by atoms with Gasteiger partial charge >= 0.3 is 0 Å². The number of aromatic amines is 1. The molecule has 1 aliphatic rings. The fourth-order valence-electron chi connectivity index (χ4n) is 1.76. The summed E-state index contributed by atoms with van der Waals surface area (Å²) in [6.07, 6.45) is 0. The van der Waals surface area contributed by atoms with Gasteiger partial charge in [0.1, 0.15) is 5.69 Å². The standard InChI is InChI=1S/C11H12N6O/c1-7-6-10(15-14-7)13-11-12-8-4-2-3-5-9(8)17(18)16-11/h2-6,17H,1H3,(H3,12,13,14,15,16). The Hall–Kier alpha value is -2.38. The first-order chi connectivity index (χ1) is 8.72. The van der Waals surface area contributed by atoms with Crippen molar-refractivity contribution in [1.29, 1.82) is 0 Å². The van der Waals surface area contributed by atoms with Gasteiger partial charge in [-0.15, -0.1) is 0 Å². The highest BCUT2D eigenvalue weighted by Crippen LogP contribution is 2.19. The molecule has 2 aromatic rings. The minimum atomic E-state index is -0.265. The van der Waals surface area contributed by atoms with Crippen LogP contribution in [0.15, 0.2) is 35.4 Å². The van der Waals surface area contributed by atoms with Crippen molar-refractivity contribution in [1.82, 2.24) is 10.2 Å². The molecule has 1 aliphatic heterocycles. The number of guanidine groups is 1. The molecule has 0 saturated heterocycles. The zero-order valence-corrected chi connectivity index (χ0v) is 9.69. The molecule has 18 heavy (non-hydrogen) atoms. The van der Waals surface area contributed by atoms with Gasteiger partial charge in [-0.05, 0) is 18.1 Å². The van der Waals surface area contributed by atoms with E-state index in [9.17, 15) is 5.21 Å². The van der Waals surface area contributed by atoms with Crippen molar-refractivity contribution >= 4 is 23.2 Å². The molecule has 0 radical (unpaired) electrons. The Bertz CT molecular complexity index is 605. The van der Waals surface area contributed by atoms with Gasteiger partial charge in [-0.25, -0.2) is 5.17 Å². The van der Waals surface area contributed by atoms with Crippen molar-refractivity contribution in [3.05, 3.63) is 41.2 Å². The Morgan fingerprint density at radius 1 is 1.33 bits per heavy atom. The SMILES string of the molecule is Cc1cc(NC2=N[NH+]([O-])c3ccccc3N2)n[nH]1. The summed E-state index contributed by atoms with van der Waals surface area (Å²) in [4.78, 5) is 0. The van der Waals surface area contributed by atoms with Gasteiger partial charge < -0.3 is 15.8 Å². The van der Waals surface area contributed by atoms with E-state index in [1.54, 1.807) is 6.07 Å². The minimum absolute atomic E-state index is 0.265. The van der Waals surface area contributed by atoms with Crippen molar-refractivity contribution in [2.45, 2.75) is 6.92 Å². The summed E-state index contributed by atoms with van der Waals surface area (Å²) in [6, 6.07) is 9.07. The summed E-state index contributed by atoms with van der Waals surface area (Å²) in [5.41, 5.74) is 2.24. The van der Waals surface area contributed by atoms with E-state index in [1.165, 1.54) is 0 Å². The number of para-hydroxylation sites is 1. The van der Waals surface area contributed by atoms with Gasteiger partial charge in [0.25, 0.3) is 5.96 Å². The molecule has 0 fully saturated rings. The number of nitrogens with zero attached hydrogens (tertiary/aromatic N) is 2. The number of hydrogen-bond donors (Lipinski definition) is 4. The normalized spacial score (nSPS) is 17.7. The number of quaternary nitrogens is 1. The average molecular weight is 244 g/mol. The van der Waals surface area contributed by atoms with Crippen LogP contribution in [0.2, 0.25) is 0 Å². The molecule has 1 atom stereocenters. The van der Waals surface area contributed by atoms with E-state index in [4.69, 9.17) is 0 Å². The molecule has 1 unspecified atom stereocenters. The number of aromatic nitrogens is 2. The lowest BCUT2D eigenvalue weighted by molar-refractivity contribution is -0.783. The predicted octanol–water partition coefficient (Wildman–Crippen LogP) is 0.541. The van der Waals surface area contributed by atoms with E-state index in [-0.39, 0.29) is 5.17 Å². The van der Waals surface area contributed by atoms with E-state index >= 15 is 0 Å². The van der Waals surface area contributed by atoms with E-state index in [0.717, 1.165) is 11.4 Å². The smallest absolute Gasteiger partial charge is 0.261 e. The van der Waals surface area contributed by atoms with Gasteiger partial charge in [-0.1, -0.05) is 12.1 Å². The molecule has 0 aliphatic carbocycles. The Morgan fingerprint density at radius 2 is 2.17 bits per heavy atom. The second-order valence-electron chi connectivity index (χ2n) is 4.00. The van der Waals surface area contributed by atoms with Gasteiger partial charge in [0.2, 0.25) is 0 Å². The molecule has 2 heterocycles. The van der Waals surface area contributed by atoms with Crippen LogP contribution in [0, 0.1) is 12.1 Å². The van der Waals surface area contributed by atoms with Crippen LogP contribution >= 0.6 is 0 Å². The van der Waals surface area contributed by atoms with Crippen molar-refractivity contribution in [2.24, 2.45) is 5.10 Å². The molecule has 7 heteroatoms. The molecule has 4 N–H and O–H groups in total. The minimum Gasteiger partial charge on any atom is -0.601 e. The molecule has 0 bridgehead atoms. The molecule has 3 rings (SSSR count). The molecule has 0 saturated carbocycles. The molecular weight excluding hydrogens is 232 g/mol. The molecule has 7 nitrogen and oxygen atoms in total. The van der Waals surface area contributed by atoms with E-state index in [1.807, 2.05) is 31.2 Å². The van der Waals surface area contributed by atoms with E-state index in [2.05, 4.69) is 25.9 Å². The van der Waals surface area contributed by atoms with Crippen LogP contribution in [0.25, 0.3) is 0 Å². The third-order valence-electron chi connectivity index (χ3n) is 2.58. The van der Waals surface area contributed by atoms with Crippen molar-refractivity contribution < 1.29 is 5.17 Å². The van der Waals surface area contributed by atoms with Crippen molar-refractivity contribution in [3.63, 3.8) is 0 Å². The van der Waals surface area contributed by atoms with Gasteiger partial charge in [0.15, 0.2) is 11.5 Å². The number of nitrogens with one attached hydrogen (secondary N) is 4. The van der Waals surface area contributed by atoms with Crippen molar-refractivity contribution in [3.8, 4) is 0 Å². The number of aryl methyl sites for hydroxylation is 1. The fraction of sp³-hybridized carbons (Fsp3) is 0.0909. The molecule has 0 amide bonds.